The van der Waals surface area contributed by atoms with Crippen LogP contribution in [0.5, 0.6) is 0 Å². The summed E-state index contributed by atoms with van der Waals surface area (Å²) in [4.78, 5) is 2.78. The molecule has 0 aliphatic carbocycles. The lowest BCUT2D eigenvalue weighted by molar-refractivity contribution is 0.414. The summed E-state index contributed by atoms with van der Waals surface area (Å²) in [5, 5.41) is -0.287. The Hall–Kier alpha value is -1.37. The van der Waals surface area contributed by atoms with Crippen LogP contribution in [0.15, 0.2) is 24.3 Å². The molecular formula is C14H21N3O2S. The lowest BCUT2D eigenvalue weighted by Crippen LogP contribution is -2.20. The second-order valence-electron chi connectivity index (χ2n) is 4.06. The number of hydrogen-bond acceptors (Lipinski definition) is 3. The molecule has 5 nitrogen and oxygen atoms in total. The van der Waals surface area contributed by atoms with E-state index in [0.717, 1.165) is 20.3 Å². The van der Waals surface area contributed by atoms with Crippen molar-refractivity contribution in [2.45, 2.75) is 12.1 Å². The van der Waals surface area contributed by atoms with E-state index in [1.165, 1.54) is 0 Å². The van der Waals surface area contributed by atoms with E-state index in [0.29, 0.717) is 0 Å². The van der Waals surface area contributed by atoms with E-state index in [4.69, 9.17) is 13.7 Å². The largest absolute Gasteiger partial charge is 0.361 e. The van der Waals surface area contributed by atoms with Gasteiger partial charge in [0.05, 0.1) is 9.87 Å². The minimum Gasteiger partial charge on any atom is -0.361 e. The van der Waals surface area contributed by atoms with Crippen molar-refractivity contribution in [2.75, 3.05) is 27.6 Å². The molecule has 0 saturated heterocycles. The van der Waals surface area contributed by atoms with Crippen LogP contribution in [0.2, 0.25) is 0 Å². The number of hydrogen-bond donors (Lipinski definition) is 2. The summed E-state index contributed by atoms with van der Waals surface area (Å²) >= 11 is 0. The van der Waals surface area contributed by atoms with Gasteiger partial charge in [0, 0.05) is 33.2 Å². The van der Waals surface area contributed by atoms with Crippen molar-refractivity contribution in [3.05, 3.63) is 35.5 Å². The third-order valence-corrected chi connectivity index (χ3v) is 3.79. The average molecular weight is 305 g/mol. The highest BCUT2D eigenvalue weighted by atomic mass is 32.2. The van der Waals surface area contributed by atoms with E-state index in [-0.39, 0.29) is 21.4 Å². The molecule has 2 rings (SSSR count). The first-order chi connectivity index (χ1) is 13.4. The summed E-state index contributed by atoms with van der Waals surface area (Å²) in [6, 6.07) is -1.59. The Labute approximate surface area is 134 Å². The van der Waals surface area contributed by atoms with Crippen LogP contribution in [-0.4, -0.2) is 45.9 Å². The fourth-order valence-electron chi connectivity index (χ4n) is 1.55. The SMILES string of the molecule is [2H]c1c(CS(=O)(=O)NC)c([2H])c2c(C([2H])([2H])C([2H])([2H])N(C)C([2H])([2H])[2H])c[nH]c2c1[2H]. The number of aromatic nitrogens is 1. The maximum absolute atomic E-state index is 11.9. The van der Waals surface area contributed by atoms with Crippen molar-refractivity contribution < 1.29 is 22.1 Å². The number of sulfonamides is 1. The van der Waals surface area contributed by atoms with Gasteiger partial charge in [0.25, 0.3) is 0 Å². The standard InChI is InChI=1S/C14H21N3O2S/c1-15-20(18,19)10-11-4-5-14-13(8-11)12(9-16-14)6-7-17(2)3/h4-5,8-9,15-16H,6-7,10H2,1-3H3/i2D3,4D,5D,6D2,7D2,8D. The molecule has 1 aromatic carbocycles. The Morgan fingerprint density at radius 2 is 2.35 bits per heavy atom. The van der Waals surface area contributed by atoms with Gasteiger partial charge in [0.1, 0.15) is 0 Å². The highest BCUT2D eigenvalue weighted by Gasteiger charge is 2.11. The van der Waals surface area contributed by atoms with Gasteiger partial charge in [-0.2, -0.15) is 0 Å². The van der Waals surface area contributed by atoms with E-state index in [1.807, 2.05) is 4.72 Å². The Bertz CT molecular complexity index is 1080. The van der Waals surface area contributed by atoms with Gasteiger partial charge in [-0.25, -0.2) is 13.1 Å². The first-order valence-corrected chi connectivity index (χ1v) is 7.30. The molecule has 1 aromatic heterocycles. The normalized spacial score (nSPS) is 21.8. The third kappa shape index (κ3) is 3.59. The van der Waals surface area contributed by atoms with E-state index >= 15 is 0 Å². The summed E-state index contributed by atoms with van der Waals surface area (Å²) in [6.07, 6.45) is -1.99. The zero-order valence-electron chi connectivity index (χ0n) is 21.0. The van der Waals surface area contributed by atoms with Gasteiger partial charge in [0.15, 0.2) is 0 Å². The predicted molar refractivity (Wildman–Crippen MR) is 82.2 cm³/mol. The summed E-state index contributed by atoms with van der Waals surface area (Å²) in [6.45, 7) is -6.04. The van der Waals surface area contributed by atoms with Crippen LogP contribution in [-0.2, 0) is 22.1 Å². The van der Waals surface area contributed by atoms with E-state index in [1.54, 1.807) is 0 Å². The monoisotopic (exact) mass is 305 g/mol. The zero-order valence-corrected chi connectivity index (χ0v) is 11.8. The van der Waals surface area contributed by atoms with Crippen molar-refractivity contribution in [3.8, 4) is 0 Å². The molecule has 0 amide bonds. The van der Waals surface area contributed by atoms with E-state index < -0.39 is 59.3 Å². The molecule has 0 fully saturated rings. The molecule has 2 aromatic rings. The molecule has 6 heteroatoms. The van der Waals surface area contributed by atoms with Crippen LogP contribution in [0.25, 0.3) is 10.9 Å². The lowest BCUT2D eigenvalue weighted by Gasteiger charge is -2.08. The second-order valence-corrected chi connectivity index (χ2v) is 5.99. The van der Waals surface area contributed by atoms with Crippen molar-refractivity contribution in [2.24, 2.45) is 0 Å². The van der Waals surface area contributed by atoms with Gasteiger partial charge in [-0.1, -0.05) is 6.04 Å². The van der Waals surface area contributed by atoms with Crippen LogP contribution in [0.1, 0.15) is 24.8 Å². The fourth-order valence-corrected chi connectivity index (χ4v) is 2.22. The number of fused-ring (bicyclic) bond motifs is 1. The van der Waals surface area contributed by atoms with Gasteiger partial charge in [-0.15, -0.1) is 0 Å². The molecule has 20 heavy (non-hydrogen) atoms. The maximum atomic E-state index is 11.9. The smallest absolute Gasteiger partial charge is 0.215 e. The highest BCUT2D eigenvalue weighted by molar-refractivity contribution is 7.88. The minimum absolute atomic E-state index is 0.151. The Morgan fingerprint density at radius 3 is 3.05 bits per heavy atom. The third-order valence-electron chi connectivity index (χ3n) is 2.50. The summed E-state index contributed by atoms with van der Waals surface area (Å²) < 4.78 is 106. The highest BCUT2D eigenvalue weighted by Crippen LogP contribution is 2.21. The first-order valence-electron chi connectivity index (χ1n) is 10.7. The number of nitrogens with one attached hydrogen (secondary N) is 2. The van der Waals surface area contributed by atoms with Crippen LogP contribution in [0.3, 0.4) is 0 Å². The Balaban J connectivity index is 2.83. The maximum Gasteiger partial charge on any atom is 0.215 e. The molecule has 2 N–H and O–H groups in total. The van der Waals surface area contributed by atoms with Gasteiger partial charge in [0.2, 0.25) is 10.0 Å². The quantitative estimate of drug-likeness (QED) is 0.846. The number of benzene rings is 1. The molecule has 0 atom stereocenters. The summed E-state index contributed by atoms with van der Waals surface area (Å²) in [5.41, 5.74) is -0.967. The molecule has 0 aliphatic heterocycles. The topological polar surface area (TPSA) is 65.2 Å². The molecular weight excluding hydrogens is 274 g/mol. The van der Waals surface area contributed by atoms with Crippen LogP contribution in [0, 0.1) is 0 Å². The number of nitrogens with zero attached hydrogens (tertiary/aromatic N) is 1. The van der Waals surface area contributed by atoms with Crippen LogP contribution < -0.4 is 4.72 Å². The fraction of sp³-hybridized carbons (Fsp3) is 0.429. The van der Waals surface area contributed by atoms with E-state index in [2.05, 4.69) is 4.98 Å². The van der Waals surface area contributed by atoms with E-state index in [9.17, 15) is 8.42 Å². The van der Waals surface area contributed by atoms with Gasteiger partial charge < -0.3 is 9.88 Å². The molecule has 0 unspecified atom stereocenters. The number of likely N-dealkylation sites (N-methyl/N-ethyl adjacent to an activating group) is 1. The zero-order chi connectivity index (χ0) is 23.4. The molecule has 0 saturated carbocycles. The molecule has 0 aliphatic rings. The van der Waals surface area contributed by atoms with Gasteiger partial charge in [-0.05, 0) is 50.7 Å². The lowest BCUT2D eigenvalue weighted by atomic mass is 10.1. The number of aryl methyl sites for hydroxylation is 1. The molecule has 110 valence electrons. The van der Waals surface area contributed by atoms with Crippen molar-refractivity contribution in [1.29, 1.82) is 0 Å². The molecule has 0 spiro atoms. The Morgan fingerprint density at radius 1 is 1.55 bits per heavy atom. The van der Waals surface area contributed by atoms with Gasteiger partial charge in [-0.3, -0.25) is 0 Å². The van der Waals surface area contributed by atoms with Crippen molar-refractivity contribution in [1.82, 2.24) is 14.6 Å². The average Bonchev–Trinajstić information content (AvgIpc) is 3.08. The van der Waals surface area contributed by atoms with Crippen molar-refractivity contribution >= 4 is 20.9 Å². The Kier molecular flexibility index (Phi) is 1.96. The number of aromatic amines is 1. The van der Waals surface area contributed by atoms with Crippen LogP contribution >= 0.6 is 0 Å². The first kappa shape index (κ1) is 6.60. The minimum atomic E-state index is -3.93. The van der Waals surface area contributed by atoms with Crippen LogP contribution in [0.4, 0.5) is 0 Å². The molecule has 0 bridgehead atoms. The predicted octanol–water partition coefficient (Wildman–Crippen LogP) is 1.32. The molecule has 1 heterocycles. The van der Waals surface area contributed by atoms with Crippen molar-refractivity contribution in [3.63, 3.8) is 0 Å². The molecule has 0 radical (unpaired) electrons. The summed E-state index contributed by atoms with van der Waals surface area (Å²) in [5.74, 6) is -0.807. The number of H-pyrrole nitrogens is 1. The second kappa shape index (κ2) is 5.95. The van der Waals surface area contributed by atoms with Gasteiger partial charge >= 0.3 is 0 Å². The summed E-state index contributed by atoms with van der Waals surface area (Å²) in [7, 11) is -1.90. The number of rotatable bonds is 6.